The highest BCUT2D eigenvalue weighted by Crippen LogP contribution is 2.38. The summed E-state index contributed by atoms with van der Waals surface area (Å²) in [5, 5.41) is 8.56. The minimum absolute atomic E-state index is 0. The number of hydrogen-bond donors (Lipinski definition) is 1. The normalized spacial score (nSPS) is 25.9. The zero-order valence-electron chi connectivity index (χ0n) is 8.75. The molecular weight excluding hydrogens is 292 g/mol. The van der Waals surface area contributed by atoms with Gasteiger partial charge in [0, 0.05) is 13.1 Å². The van der Waals surface area contributed by atoms with E-state index < -0.39 is 49.8 Å². The van der Waals surface area contributed by atoms with Crippen LogP contribution >= 0.6 is 12.4 Å². The smallest absolute Gasteiger partial charge is 0.401 e. The van der Waals surface area contributed by atoms with Crippen molar-refractivity contribution in [2.24, 2.45) is 11.8 Å². The van der Waals surface area contributed by atoms with Crippen LogP contribution in [-0.2, 0) is 4.79 Å². The number of aliphatic carboxylic acids is 1. The van der Waals surface area contributed by atoms with Gasteiger partial charge < -0.3 is 5.11 Å². The Kier molecular flexibility index (Phi) is 5.30. The van der Waals surface area contributed by atoms with Gasteiger partial charge in [0.15, 0.2) is 0 Å². The van der Waals surface area contributed by atoms with Gasteiger partial charge >= 0.3 is 18.3 Å². The SMILES string of the molecule is Cl.O=C(O)[C@@H]1CN(CC(F)(F)F)C[C@H]1C(F)(F)F. The maximum absolute atomic E-state index is 12.4. The molecule has 10 heteroatoms. The van der Waals surface area contributed by atoms with Gasteiger partial charge in [0.1, 0.15) is 0 Å². The highest BCUT2D eigenvalue weighted by Gasteiger charge is 2.53. The van der Waals surface area contributed by atoms with E-state index in [9.17, 15) is 31.1 Å². The van der Waals surface area contributed by atoms with Gasteiger partial charge in [0.25, 0.3) is 0 Å². The molecule has 0 aromatic heterocycles. The molecule has 0 amide bonds. The lowest BCUT2D eigenvalue weighted by molar-refractivity contribution is -0.189. The van der Waals surface area contributed by atoms with Crippen molar-refractivity contribution < 1.29 is 36.2 Å². The molecule has 1 fully saturated rings. The molecule has 1 N–H and O–H groups in total. The molecule has 1 saturated heterocycles. The van der Waals surface area contributed by atoms with Crippen LogP contribution in [-0.4, -0.2) is 48.0 Å². The summed E-state index contributed by atoms with van der Waals surface area (Å²) in [6.07, 6.45) is -9.44. The Bertz CT molecular complexity index is 305. The number of rotatable bonds is 2. The first kappa shape index (κ1) is 17.3. The van der Waals surface area contributed by atoms with E-state index in [-0.39, 0.29) is 12.4 Å². The van der Waals surface area contributed by atoms with Crippen molar-refractivity contribution in [2.75, 3.05) is 19.6 Å². The summed E-state index contributed by atoms with van der Waals surface area (Å²) in [6, 6.07) is 0. The zero-order chi connectivity index (χ0) is 13.4. The Morgan fingerprint density at radius 3 is 1.94 bits per heavy atom. The average molecular weight is 302 g/mol. The van der Waals surface area contributed by atoms with E-state index in [1.54, 1.807) is 0 Å². The Morgan fingerprint density at radius 1 is 1.17 bits per heavy atom. The highest BCUT2D eigenvalue weighted by atomic mass is 35.5. The van der Waals surface area contributed by atoms with Crippen LogP contribution in [0, 0.1) is 11.8 Å². The summed E-state index contributed by atoms with van der Waals surface area (Å²) in [4.78, 5) is 11.0. The lowest BCUT2D eigenvalue weighted by Gasteiger charge is -2.19. The Hall–Kier alpha value is -0.700. The van der Waals surface area contributed by atoms with Crippen LogP contribution in [0.3, 0.4) is 0 Å². The van der Waals surface area contributed by atoms with Crippen LogP contribution in [0.15, 0.2) is 0 Å². The van der Waals surface area contributed by atoms with Crippen molar-refractivity contribution in [2.45, 2.75) is 12.4 Å². The number of alkyl halides is 6. The summed E-state index contributed by atoms with van der Waals surface area (Å²) in [5.41, 5.74) is 0. The minimum atomic E-state index is -4.80. The van der Waals surface area contributed by atoms with Crippen molar-refractivity contribution in [3.05, 3.63) is 0 Å². The number of carbonyl (C=O) groups is 1. The molecule has 18 heavy (non-hydrogen) atoms. The van der Waals surface area contributed by atoms with Crippen LogP contribution in [0.4, 0.5) is 26.3 Å². The van der Waals surface area contributed by atoms with Crippen LogP contribution in [0.2, 0.25) is 0 Å². The van der Waals surface area contributed by atoms with Crippen molar-refractivity contribution in [3.63, 3.8) is 0 Å². The standard InChI is InChI=1S/C8H9F6NO2.ClH/c9-7(10,11)3-15-1-4(6(16)17)5(2-15)8(12,13)14;/h4-5H,1-3H2,(H,16,17);1H/t4-,5-;/m1./s1. The third-order valence-corrected chi connectivity index (χ3v) is 2.54. The molecule has 1 rings (SSSR count). The Morgan fingerprint density at radius 2 is 1.67 bits per heavy atom. The molecule has 0 aromatic carbocycles. The van der Waals surface area contributed by atoms with Gasteiger partial charge in [-0.05, 0) is 0 Å². The molecule has 0 saturated carbocycles. The van der Waals surface area contributed by atoms with Gasteiger partial charge in [0.2, 0.25) is 0 Å². The topological polar surface area (TPSA) is 40.5 Å². The van der Waals surface area contributed by atoms with Crippen molar-refractivity contribution >= 4 is 18.4 Å². The van der Waals surface area contributed by atoms with E-state index >= 15 is 0 Å². The minimum Gasteiger partial charge on any atom is -0.481 e. The number of nitrogens with zero attached hydrogens (tertiary/aromatic N) is 1. The second kappa shape index (κ2) is 5.52. The summed E-state index contributed by atoms with van der Waals surface area (Å²) < 4.78 is 73.2. The van der Waals surface area contributed by atoms with Crippen molar-refractivity contribution in [3.8, 4) is 0 Å². The number of halogens is 7. The molecule has 108 valence electrons. The van der Waals surface area contributed by atoms with Gasteiger partial charge in [-0.1, -0.05) is 0 Å². The highest BCUT2D eigenvalue weighted by molar-refractivity contribution is 5.85. The van der Waals surface area contributed by atoms with Gasteiger partial charge in [-0.2, -0.15) is 26.3 Å². The van der Waals surface area contributed by atoms with Gasteiger partial charge in [-0.15, -0.1) is 12.4 Å². The fraction of sp³-hybridized carbons (Fsp3) is 0.875. The zero-order valence-corrected chi connectivity index (χ0v) is 9.57. The second-order valence-electron chi connectivity index (χ2n) is 3.90. The van der Waals surface area contributed by atoms with Crippen LogP contribution in [0.25, 0.3) is 0 Å². The molecular formula is C8H10ClF6NO2. The van der Waals surface area contributed by atoms with E-state index in [1.165, 1.54) is 0 Å². The van der Waals surface area contributed by atoms with E-state index in [0.29, 0.717) is 4.90 Å². The van der Waals surface area contributed by atoms with Gasteiger partial charge in [0.05, 0.1) is 18.4 Å². The molecule has 1 heterocycles. The van der Waals surface area contributed by atoms with Gasteiger partial charge in [-0.25, -0.2) is 0 Å². The molecule has 1 aliphatic rings. The van der Waals surface area contributed by atoms with Crippen LogP contribution in [0.1, 0.15) is 0 Å². The summed E-state index contributed by atoms with van der Waals surface area (Å²) in [7, 11) is 0. The monoisotopic (exact) mass is 301 g/mol. The molecule has 0 unspecified atom stereocenters. The lowest BCUT2D eigenvalue weighted by Crippen LogP contribution is -2.34. The van der Waals surface area contributed by atoms with E-state index in [0.717, 1.165) is 0 Å². The number of carboxylic acids is 1. The third kappa shape index (κ3) is 4.52. The molecule has 0 aliphatic carbocycles. The first-order valence-corrected chi connectivity index (χ1v) is 4.59. The summed E-state index contributed by atoms with van der Waals surface area (Å²) >= 11 is 0. The molecule has 0 spiro atoms. The van der Waals surface area contributed by atoms with E-state index in [2.05, 4.69) is 0 Å². The molecule has 1 aliphatic heterocycles. The van der Waals surface area contributed by atoms with Crippen molar-refractivity contribution in [1.82, 2.24) is 4.90 Å². The first-order chi connectivity index (χ1) is 7.50. The predicted molar refractivity (Wildman–Crippen MR) is 50.4 cm³/mol. The van der Waals surface area contributed by atoms with Gasteiger partial charge in [-0.3, -0.25) is 9.69 Å². The van der Waals surface area contributed by atoms with E-state index in [4.69, 9.17) is 5.11 Å². The number of hydrogen-bond acceptors (Lipinski definition) is 2. The molecule has 0 bridgehead atoms. The lowest BCUT2D eigenvalue weighted by atomic mass is 9.96. The molecule has 2 atom stereocenters. The van der Waals surface area contributed by atoms with Crippen LogP contribution in [0.5, 0.6) is 0 Å². The summed E-state index contributed by atoms with van der Waals surface area (Å²) in [5.74, 6) is -5.81. The fourth-order valence-corrected chi connectivity index (χ4v) is 1.85. The van der Waals surface area contributed by atoms with Crippen LogP contribution < -0.4 is 0 Å². The number of likely N-dealkylation sites (tertiary alicyclic amines) is 1. The van der Waals surface area contributed by atoms with Crippen molar-refractivity contribution in [1.29, 1.82) is 0 Å². The maximum Gasteiger partial charge on any atom is 0.401 e. The molecule has 3 nitrogen and oxygen atoms in total. The Balaban J connectivity index is 0.00000289. The quantitative estimate of drug-likeness (QED) is 0.795. The molecule has 0 aromatic rings. The predicted octanol–water partition coefficient (Wildman–Crippen LogP) is 2.17. The number of carboxylic acid groups (broad SMARTS) is 1. The first-order valence-electron chi connectivity index (χ1n) is 4.59. The summed E-state index contributed by atoms with van der Waals surface area (Å²) in [6.45, 7) is -3.19. The fourth-order valence-electron chi connectivity index (χ4n) is 1.85. The molecule has 0 radical (unpaired) electrons. The second-order valence-corrected chi connectivity index (χ2v) is 3.90. The largest absolute Gasteiger partial charge is 0.481 e. The average Bonchev–Trinajstić information content (AvgIpc) is 2.43. The Labute approximate surface area is 104 Å². The maximum atomic E-state index is 12.4. The van der Waals surface area contributed by atoms with E-state index in [1.807, 2.05) is 0 Å². The third-order valence-electron chi connectivity index (χ3n) is 2.54.